The molecule has 3 heterocycles. The molecule has 0 saturated carbocycles. The van der Waals surface area contributed by atoms with E-state index in [1.165, 1.54) is 11.3 Å². The first-order valence-corrected chi connectivity index (χ1v) is 10.6. The van der Waals surface area contributed by atoms with Gasteiger partial charge in [-0.25, -0.2) is 9.78 Å². The van der Waals surface area contributed by atoms with Crippen molar-refractivity contribution in [2.24, 2.45) is 0 Å². The molecule has 0 bridgehead atoms. The number of carbonyl (C=O) groups is 1. The van der Waals surface area contributed by atoms with Crippen LogP contribution >= 0.6 is 11.3 Å². The molecule has 3 aromatic rings. The second-order valence-electron chi connectivity index (χ2n) is 7.20. The van der Waals surface area contributed by atoms with Crippen LogP contribution in [0, 0.1) is 25.2 Å². The largest absolute Gasteiger partial charge is 0.323 e. The molecule has 0 unspecified atom stereocenters. The van der Waals surface area contributed by atoms with E-state index < -0.39 is 0 Å². The summed E-state index contributed by atoms with van der Waals surface area (Å²) in [4.78, 5) is 24.6. The number of nitrogens with one attached hydrogen (secondary N) is 2. The summed E-state index contributed by atoms with van der Waals surface area (Å²) in [5.41, 5.74) is 4.99. The zero-order valence-electron chi connectivity index (χ0n) is 16.9. The van der Waals surface area contributed by atoms with Gasteiger partial charge >= 0.3 is 6.03 Å². The van der Waals surface area contributed by atoms with Crippen molar-refractivity contribution in [2.45, 2.75) is 13.8 Å². The maximum Gasteiger partial charge on any atom is 0.323 e. The molecule has 0 aliphatic carbocycles. The van der Waals surface area contributed by atoms with E-state index >= 15 is 0 Å². The fraction of sp³-hybridized carbons (Fsp3) is 0.273. The second kappa shape index (κ2) is 8.61. The number of anilines is 1. The van der Waals surface area contributed by atoms with Crippen molar-refractivity contribution in [2.75, 3.05) is 31.5 Å². The highest BCUT2D eigenvalue weighted by Gasteiger charge is 2.21. The number of hydrogen-bond donors (Lipinski definition) is 2. The normalized spacial score (nSPS) is 13.7. The Kier molecular flexibility index (Phi) is 5.74. The molecule has 0 spiro atoms. The van der Waals surface area contributed by atoms with Crippen molar-refractivity contribution in [3.05, 3.63) is 53.3 Å². The van der Waals surface area contributed by atoms with Gasteiger partial charge in [0.25, 0.3) is 0 Å². The zero-order chi connectivity index (χ0) is 21.1. The smallest absolute Gasteiger partial charge is 0.322 e. The van der Waals surface area contributed by atoms with E-state index in [0.717, 1.165) is 46.2 Å². The lowest BCUT2D eigenvalue weighted by atomic mass is 10.0. The van der Waals surface area contributed by atoms with Crippen LogP contribution in [0.1, 0.15) is 17.0 Å². The predicted octanol–water partition coefficient (Wildman–Crippen LogP) is 3.80. The molecule has 152 valence electrons. The third-order valence-electron chi connectivity index (χ3n) is 4.85. The SMILES string of the molecule is Cc1cc(-c2sc(NC(=O)N3CCNCC3)nc2-c2cccc(C#N)c2)cc(C)n1. The van der Waals surface area contributed by atoms with Gasteiger partial charge in [-0.15, -0.1) is 0 Å². The number of nitrogens with zero attached hydrogens (tertiary/aromatic N) is 4. The lowest BCUT2D eigenvalue weighted by Gasteiger charge is -2.26. The summed E-state index contributed by atoms with van der Waals surface area (Å²) in [7, 11) is 0. The van der Waals surface area contributed by atoms with Crippen LogP contribution in [0.15, 0.2) is 36.4 Å². The van der Waals surface area contributed by atoms with Gasteiger partial charge in [-0.2, -0.15) is 5.26 Å². The van der Waals surface area contributed by atoms with Crippen LogP contribution in [0.2, 0.25) is 0 Å². The number of hydrogen-bond acceptors (Lipinski definition) is 6. The number of amides is 2. The number of aryl methyl sites for hydroxylation is 2. The average molecular weight is 419 g/mol. The van der Waals surface area contributed by atoms with Gasteiger partial charge in [0.1, 0.15) is 0 Å². The average Bonchev–Trinajstić information content (AvgIpc) is 3.17. The number of rotatable bonds is 3. The number of urea groups is 1. The number of benzene rings is 1. The molecule has 0 atom stereocenters. The van der Waals surface area contributed by atoms with E-state index in [1.54, 1.807) is 11.0 Å². The van der Waals surface area contributed by atoms with Gasteiger partial charge in [0.05, 0.1) is 22.2 Å². The highest BCUT2D eigenvalue weighted by Crippen LogP contribution is 2.39. The third kappa shape index (κ3) is 4.32. The molecule has 1 aliphatic rings. The van der Waals surface area contributed by atoms with Crippen LogP contribution in [0.3, 0.4) is 0 Å². The molecule has 1 saturated heterocycles. The van der Waals surface area contributed by atoms with Crippen LogP contribution in [-0.2, 0) is 0 Å². The van der Waals surface area contributed by atoms with Gasteiger partial charge in [0.2, 0.25) is 0 Å². The molecular formula is C22H22N6OS. The summed E-state index contributed by atoms with van der Waals surface area (Å²) in [5.74, 6) is 0. The first-order chi connectivity index (χ1) is 14.5. The van der Waals surface area contributed by atoms with Crippen molar-refractivity contribution < 1.29 is 4.79 Å². The third-order valence-corrected chi connectivity index (χ3v) is 5.87. The minimum absolute atomic E-state index is 0.142. The summed E-state index contributed by atoms with van der Waals surface area (Å²) in [6, 6.07) is 13.4. The first kappa shape index (κ1) is 20.0. The minimum Gasteiger partial charge on any atom is -0.322 e. The highest BCUT2D eigenvalue weighted by atomic mass is 32.1. The first-order valence-electron chi connectivity index (χ1n) is 9.77. The van der Waals surface area contributed by atoms with E-state index in [2.05, 4.69) is 21.7 Å². The quantitative estimate of drug-likeness (QED) is 0.675. The lowest BCUT2D eigenvalue weighted by Crippen LogP contribution is -2.48. The summed E-state index contributed by atoms with van der Waals surface area (Å²) in [6.45, 7) is 6.84. The molecule has 1 fully saturated rings. The molecule has 1 aromatic carbocycles. The van der Waals surface area contributed by atoms with E-state index in [1.807, 2.05) is 44.2 Å². The number of pyridine rings is 1. The van der Waals surface area contributed by atoms with Crippen LogP contribution < -0.4 is 10.6 Å². The van der Waals surface area contributed by atoms with Crippen molar-refractivity contribution in [3.63, 3.8) is 0 Å². The minimum atomic E-state index is -0.142. The molecule has 7 nitrogen and oxygen atoms in total. The Balaban J connectivity index is 1.75. The van der Waals surface area contributed by atoms with Gasteiger partial charge in [0.15, 0.2) is 5.13 Å². The number of carbonyl (C=O) groups excluding carboxylic acids is 1. The Bertz CT molecular complexity index is 1110. The van der Waals surface area contributed by atoms with Gasteiger partial charge in [0, 0.05) is 43.1 Å². The van der Waals surface area contributed by atoms with E-state index in [4.69, 9.17) is 4.98 Å². The Morgan fingerprint density at radius 2 is 1.87 bits per heavy atom. The number of thiazole rings is 1. The fourth-order valence-corrected chi connectivity index (χ4v) is 4.47. The van der Waals surface area contributed by atoms with Crippen LogP contribution in [0.5, 0.6) is 0 Å². The molecule has 2 N–H and O–H groups in total. The van der Waals surface area contributed by atoms with E-state index in [9.17, 15) is 10.1 Å². The summed E-state index contributed by atoms with van der Waals surface area (Å²) in [6.07, 6.45) is 0. The number of aromatic nitrogens is 2. The topological polar surface area (TPSA) is 93.9 Å². The van der Waals surface area contributed by atoms with Gasteiger partial charge in [-0.05, 0) is 43.7 Å². The Morgan fingerprint density at radius 3 is 2.57 bits per heavy atom. The van der Waals surface area contributed by atoms with Crippen LogP contribution in [-0.4, -0.2) is 47.1 Å². The monoisotopic (exact) mass is 418 g/mol. The van der Waals surface area contributed by atoms with Gasteiger partial charge in [-0.3, -0.25) is 10.3 Å². The van der Waals surface area contributed by atoms with Crippen molar-refractivity contribution in [3.8, 4) is 27.8 Å². The summed E-state index contributed by atoms with van der Waals surface area (Å²) >= 11 is 1.43. The van der Waals surface area contributed by atoms with Gasteiger partial charge < -0.3 is 10.2 Å². The molecule has 2 aromatic heterocycles. The molecule has 2 amide bonds. The molecule has 4 rings (SSSR count). The van der Waals surface area contributed by atoms with E-state index in [-0.39, 0.29) is 6.03 Å². The summed E-state index contributed by atoms with van der Waals surface area (Å²) in [5, 5.41) is 16.0. The van der Waals surface area contributed by atoms with Crippen molar-refractivity contribution >= 4 is 22.5 Å². The van der Waals surface area contributed by atoms with Crippen molar-refractivity contribution in [1.29, 1.82) is 5.26 Å². The second-order valence-corrected chi connectivity index (χ2v) is 8.19. The number of nitriles is 1. The standard InChI is InChI=1S/C22H22N6OS/c1-14-10-18(11-15(2)25-14)20-19(17-5-3-4-16(12-17)13-23)26-21(30-20)27-22(29)28-8-6-24-7-9-28/h3-5,10-12,24H,6-9H2,1-2H3,(H,26,27,29). The maximum atomic E-state index is 12.7. The summed E-state index contributed by atoms with van der Waals surface area (Å²) < 4.78 is 0. The number of piperazine rings is 1. The van der Waals surface area contributed by atoms with E-state index in [0.29, 0.717) is 23.8 Å². The molecule has 0 radical (unpaired) electrons. The van der Waals surface area contributed by atoms with Crippen LogP contribution in [0.25, 0.3) is 21.7 Å². The Labute approximate surface area is 179 Å². The van der Waals surface area contributed by atoms with Gasteiger partial charge in [-0.1, -0.05) is 23.5 Å². The molecular weight excluding hydrogens is 396 g/mol. The fourth-order valence-electron chi connectivity index (χ4n) is 3.50. The van der Waals surface area contributed by atoms with Crippen LogP contribution in [0.4, 0.5) is 9.93 Å². The predicted molar refractivity (Wildman–Crippen MR) is 118 cm³/mol. The molecule has 30 heavy (non-hydrogen) atoms. The Hall–Kier alpha value is -3.28. The zero-order valence-corrected chi connectivity index (χ0v) is 17.7. The molecule has 1 aliphatic heterocycles. The lowest BCUT2D eigenvalue weighted by molar-refractivity contribution is 0.204. The Morgan fingerprint density at radius 1 is 1.13 bits per heavy atom. The van der Waals surface area contributed by atoms with Crippen molar-refractivity contribution in [1.82, 2.24) is 20.2 Å². The maximum absolute atomic E-state index is 12.7. The molecule has 8 heteroatoms. The highest BCUT2D eigenvalue weighted by molar-refractivity contribution is 7.19.